The number of rotatable bonds is 4. The van der Waals surface area contributed by atoms with E-state index in [1.807, 2.05) is 19.9 Å². The molecule has 2 atom stereocenters. The SMILES string of the molecule is Cc1cc(C)c(CNC(=O)N[C@@H]2CCCC[C@@H]2C(C)C)c(=O)[nH]1. The number of H-pyrrole nitrogens is 1. The molecule has 0 bridgehead atoms. The first-order valence-electron chi connectivity index (χ1n) is 8.62. The van der Waals surface area contributed by atoms with Gasteiger partial charge in [0.05, 0.1) is 6.54 Å². The van der Waals surface area contributed by atoms with E-state index in [1.54, 1.807) is 0 Å². The fraction of sp³-hybridized carbons (Fsp3) is 0.667. The first kappa shape index (κ1) is 17.6. The summed E-state index contributed by atoms with van der Waals surface area (Å²) in [5.41, 5.74) is 2.24. The molecule has 0 aliphatic heterocycles. The molecular formula is C18H29N3O2. The summed E-state index contributed by atoms with van der Waals surface area (Å²) < 4.78 is 0. The molecule has 5 nitrogen and oxygen atoms in total. The van der Waals surface area contributed by atoms with Crippen LogP contribution in [0.1, 0.15) is 56.4 Å². The number of hydrogen-bond acceptors (Lipinski definition) is 2. The summed E-state index contributed by atoms with van der Waals surface area (Å²) in [5, 5.41) is 5.95. The first-order chi connectivity index (χ1) is 10.9. The lowest BCUT2D eigenvalue weighted by Crippen LogP contribution is -2.48. The van der Waals surface area contributed by atoms with Crippen LogP contribution in [-0.2, 0) is 6.54 Å². The van der Waals surface area contributed by atoms with Crippen LogP contribution in [0.25, 0.3) is 0 Å². The van der Waals surface area contributed by atoms with Crippen molar-refractivity contribution in [3.8, 4) is 0 Å². The zero-order chi connectivity index (χ0) is 17.0. The number of carbonyl (C=O) groups is 1. The lowest BCUT2D eigenvalue weighted by molar-refractivity contribution is 0.194. The quantitative estimate of drug-likeness (QED) is 0.798. The number of urea groups is 1. The second-order valence-electron chi connectivity index (χ2n) is 7.07. The standard InChI is InChI=1S/C18H29N3O2/c1-11(2)14-7-5-6-8-16(14)21-18(23)19-10-15-12(3)9-13(4)20-17(15)22/h9,11,14,16H,5-8,10H2,1-4H3,(H,20,22)(H2,19,21,23)/t14-,16-/m1/s1. The zero-order valence-electron chi connectivity index (χ0n) is 14.7. The molecular weight excluding hydrogens is 290 g/mol. The van der Waals surface area contributed by atoms with E-state index in [9.17, 15) is 9.59 Å². The van der Waals surface area contributed by atoms with Gasteiger partial charge >= 0.3 is 6.03 Å². The average Bonchev–Trinajstić information content (AvgIpc) is 2.46. The molecule has 1 aromatic rings. The molecule has 1 aliphatic carbocycles. The third-order valence-corrected chi connectivity index (χ3v) is 4.91. The van der Waals surface area contributed by atoms with Gasteiger partial charge in [-0.25, -0.2) is 4.79 Å². The predicted octanol–water partition coefficient (Wildman–Crippen LogP) is 3.01. The van der Waals surface area contributed by atoms with Crippen LogP contribution in [0.2, 0.25) is 0 Å². The Morgan fingerprint density at radius 1 is 1.30 bits per heavy atom. The van der Waals surface area contributed by atoms with Crippen molar-refractivity contribution in [1.82, 2.24) is 15.6 Å². The van der Waals surface area contributed by atoms with Crippen molar-refractivity contribution in [3.63, 3.8) is 0 Å². The molecule has 2 amide bonds. The lowest BCUT2D eigenvalue weighted by atomic mass is 9.78. The number of carbonyl (C=O) groups excluding carboxylic acids is 1. The molecule has 0 unspecified atom stereocenters. The summed E-state index contributed by atoms with van der Waals surface area (Å²) in [6, 6.07) is 1.98. The highest BCUT2D eigenvalue weighted by Gasteiger charge is 2.28. The summed E-state index contributed by atoms with van der Waals surface area (Å²) in [4.78, 5) is 27.0. The van der Waals surface area contributed by atoms with Gasteiger partial charge in [0, 0.05) is 17.3 Å². The van der Waals surface area contributed by atoms with Gasteiger partial charge in [0.25, 0.3) is 5.56 Å². The van der Waals surface area contributed by atoms with Crippen LogP contribution in [0.5, 0.6) is 0 Å². The first-order valence-corrected chi connectivity index (χ1v) is 8.62. The van der Waals surface area contributed by atoms with Crippen LogP contribution < -0.4 is 16.2 Å². The topological polar surface area (TPSA) is 74.0 Å². The number of aryl methyl sites for hydroxylation is 2. The summed E-state index contributed by atoms with van der Waals surface area (Å²) in [6.07, 6.45) is 4.64. The van der Waals surface area contributed by atoms with Gasteiger partial charge in [-0.1, -0.05) is 26.7 Å². The van der Waals surface area contributed by atoms with E-state index in [4.69, 9.17) is 0 Å². The molecule has 1 aromatic heterocycles. The maximum Gasteiger partial charge on any atom is 0.315 e. The summed E-state index contributed by atoms with van der Waals surface area (Å²) in [7, 11) is 0. The van der Waals surface area contributed by atoms with Crippen LogP contribution in [0, 0.1) is 25.7 Å². The Bertz CT molecular complexity index is 607. The normalized spacial score (nSPS) is 21.3. The number of aromatic nitrogens is 1. The van der Waals surface area contributed by atoms with Gasteiger partial charge in [-0.2, -0.15) is 0 Å². The second-order valence-corrected chi connectivity index (χ2v) is 7.07. The van der Waals surface area contributed by atoms with E-state index in [0.29, 0.717) is 17.4 Å². The number of nitrogens with one attached hydrogen (secondary N) is 3. The number of aromatic amines is 1. The third-order valence-electron chi connectivity index (χ3n) is 4.91. The molecule has 128 valence electrons. The van der Waals surface area contributed by atoms with E-state index < -0.39 is 0 Å². The average molecular weight is 319 g/mol. The van der Waals surface area contributed by atoms with Gasteiger partial charge in [0.1, 0.15) is 0 Å². The highest BCUT2D eigenvalue weighted by atomic mass is 16.2. The monoisotopic (exact) mass is 319 g/mol. The van der Waals surface area contributed by atoms with Gasteiger partial charge in [0.2, 0.25) is 0 Å². The fourth-order valence-electron chi connectivity index (χ4n) is 3.63. The zero-order valence-corrected chi connectivity index (χ0v) is 14.7. The Morgan fingerprint density at radius 2 is 2.00 bits per heavy atom. The van der Waals surface area contributed by atoms with E-state index in [1.165, 1.54) is 19.3 Å². The van der Waals surface area contributed by atoms with E-state index >= 15 is 0 Å². The van der Waals surface area contributed by atoms with Crippen LogP contribution >= 0.6 is 0 Å². The maximum absolute atomic E-state index is 12.2. The smallest absolute Gasteiger partial charge is 0.315 e. The minimum absolute atomic E-state index is 0.125. The Labute approximate surface area is 138 Å². The minimum atomic E-state index is -0.179. The largest absolute Gasteiger partial charge is 0.335 e. The minimum Gasteiger partial charge on any atom is -0.335 e. The molecule has 1 aliphatic rings. The fourth-order valence-corrected chi connectivity index (χ4v) is 3.63. The van der Waals surface area contributed by atoms with Gasteiger partial charge in [-0.05, 0) is 50.2 Å². The maximum atomic E-state index is 12.2. The molecule has 1 heterocycles. The highest BCUT2D eigenvalue weighted by molar-refractivity contribution is 5.74. The molecule has 0 aromatic carbocycles. The summed E-state index contributed by atoms with van der Waals surface area (Å²) in [5.74, 6) is 1.11. The van der Waals surface area contributed by atoms with Crippen LogP contribution in [0.15, 0.2) is 10.9 Å². The van der Waals surface area contributed by atoms with Crippen LogP contribution in [0.3, 0.4) is 0 Å². The van der Waals surface area contributed by atoms with Crippen LogP contribution in [-0.4, -0.2) is 17.1 Å². The summed E-state index contributed by atoms with van der Waals surface area (Å²) >= 11 is 0. The van der Waals surface area contributed by atoms with Crippen molar-refractivity contribution in [2.24, 2.45) is 11.8 Å². The Balaban J connectivity index is 1.94. The Kier molecular flexibility index (Phi) is 5.85. The number of hydrogen-bond donors (Lipinski definition) is 3. The second kappa shape index (κ2) is 7.66. The van der Waals surface area contributed by atoms with Gasteiger partial charge in [0.15, 0.2) is 0 Å². The predicted molar refractivity (Wildman–Crippen MR) is 92.5 cm³/mol. The molecule has 2 rings (SSSR count). The Morgan fingerprint density at radius 3 is 2.65 bits per heavy atom. The van der Waals surface area contributed by atoms with Crippen molar-refractivity contribution < 1.29 is 4.79 Å². The van der Waals surface area contributed by atoms with Crippen molar-refractivity contribution in [2.75, 3.05) is 0 Å². The van der Waals surface area contributed by atoms with Crippen molar-refractivity contribution >= 4 is 6.03 Å². The van der Waals surface area contributed by atoms with Gasteiger partial charge in [-0.3, -0.25) is 4.79 Å². The molecule has 23 heavy (non-hydrogen) atoms. The number of pyridine rings is 1. The Hall–Kier alpha value is -1.78. The van der Waals surface area contributed by atoms with Crippen molar-refractivity contribution in [3.05, 3.63) is 33.2 Å². The van der Waals surface area contributed by atoms with Gasteiger partial charge in [-0.15, -0.1) is 0 Å². The molecule has 0 saturated heterocycles. The van der Waals surface area contributed by atoms with E-state index in [0.717, 1.165) is 17.7 Å². The summed E-state index contributed by atoms with van der Waals surface area (Å²) in [6.45, 7) is 8.45. The molecule has 1 saturated carbocycles. The van der Waals surface area contributed by atoms with Crippen molar-refractivity contribution in [1.29, 1.82) is 0 Å². The molecule has 1 fully saturated rings. The molecule has 5 heteroatoms. The highest BCUT2D eigenvalue weighted by Crippen LogP contribution is 2.30. The van der Waals surface area contributed by atoms with E-state index in [2.05, 4.69) is 29.5 Å². The van der Waals surface area contributed by atoms with Crippen molar-refractivity contribution in [2.45, 2.75) is 66.0 Å². The van der Waals surface area contributed by atoms with Crippen LogP contribution in [0.4, 0.5) is 4.79 Å². The van der Waals surface area contributed by atoms with E-state index in [-0.39, 0.29) is 24.2 Å². The molecule has 3 N–H and O–H groups in total. The molecule has 0 spiro atoms. The van der Waals surface area contributed by atoms with Gasteiger partial charge < -0.3 is 15.6 Å². The molecule has 0 radical (unpaired) electrons. The third kappa shape index (κ3) is 4.60. The number of amides is 2. The lowest BCUT2D eigenvalue weighted by Gasteiger charge is -2.34.